The maximum atomic E-state index is 12.9. The van der Waals surface area contributed by atoms with Crippen LogP contribution >= 0.6 is 11.6 Å². The van der Waals surface area contributed by atoms with E-state index < -0.39 is 32.4 Å². The Labute approximate surface area is 144 Å². The molecular weight excluding hydrogens is 350 g/mol. The average molecular weight is 362 g/mol. The summed E-state index contributed by atoms with van der Waals surface area (Å²) in [5.41, 5.74) is -1.53. The molecule has 24 heavy (non-hydrogen) atoms. The van der Waals surface area contributed by atoms with Gasteiger partial charge in [-0.15, -0.1) is 0 Å². The van der Waals surface area contributed by atoms with Gasteiger partial charge in [-0.25, -0.2) is 8.42 Å². The van der Waals surface area contributed by atoms with Crippen molar-refractivity contribution < 1.29 is 18.3 Å². The van der Waals surface area contributed by atoms with Crippen LogP contribution in [0.2, 0.25) is 5.02 Å². The molecule has 1 aliphatic rings. The van der Waals surface area contributed by atoms with Crippen LogP contribution in [-0.2, 0) is 14.6 Å². The van der Waals surface area contributed by atoms with Crippen molar-refractivity contribution in [3.8, 4) is 6.07 Å². The summed E-state index contributed by atoms with van der Waals surface area (Å²) in [6, 6.07) is 15.5. The lowest BCUT2D eigenvalue weighted by Crippen LogP contribution is -2.22. The number of nitrogens with zero attached hydrogens (tertiary/aromatic N) is 1. The molecule has 0 radical (unpaired) electrons. The van der Waals surface area contributed by atoms with Gasteiger partial charge >= 0.3 is 5.97 Å². The number of nitriles is 1. The van der Waals surface area contributed by atoms with E-state index >= 15 is 0 Å². The van der Waals surface area contributed by atoms with Crippen molar-refractivity contribution >= 4 is 27.4 Å². The molecule has 3 rings (SSSR count). The van der Waals surface area contributed by atoms with Crippen LogP contribution in [0.5, 0.6) is 0 Å². The standard InChI is InChI=1S/C17H12ClNO4S/c18-12-8-6-11(7-9-12)14-15(17(14,10-19)16(20)21)24(22,23)13-4-2-1-3-5-13/h1-9,14-15H,(H,20,21)/t14-,15-,17+/m0/s1. The second kappa shape index (κ2) is 5.62. The monoisotopic (exact) mass is 361 g/mol. The predicted molar refractivity (Wildman–Crippen MR) is 87.3 cm³/mol. The van der Waals surface area contributed by atoms with Gasteiger partial charge in [-0.1, -0.05) is 41.9 Å². The fourth-order valence-corrected chi connectivity index (χ4v) is 5.48. The summed E-state index contributed by atoms with van der Waals surface area (Å²) in [5.74, 6) is -2.38. The van der Waals surface area contributed by atoms with Crippen LogP contribution in [0.25, 0.3) is 0 Å². The average Bonchev–Trinajstić information content (AvgIpc) is 3.28. The number of carboxylic acid groups (broad SMARTS) is 1. The number of carbonyl (C=O) groups is 1. The highest BCUT2D eigenvalue weighted by Crippen LogP contribution is 2.64. The highest BCUT2D eigenvalue weighted by atomic mass is 35.5. The smallest absolute Gasteiger partial charge is 0.326 e. The Morgan fingerprint density at radius 3 is 2.21 bits per heavy atom. The van der Waals surface area contributed by atoms with Gasteiger partial charge in [-0.2, -0.15) is 5.26 Å². The van der Waals surface area contributed by atoms with Gasteiger partial charge in [-0.3, -0.25) is 4.79 Å². The molecule has 5 nitrogen and oxygen atoms in total. The fourth-order valence-electron chi connectivity index (χ4n) is 3.08. The number of hydrogen-bond donors (Lipinski definition) is 1. The van der Waals surface area contributed by atoms with Crippen molar-refractivity contribution in [3.63, 3.8) is 0 Å². The zero-order valence-electron chi connectivity index (χ0n) is 12.3. The first-order chi connectivity index (χ1) is 11.4. The number of sulfone groups is 1. The van der Waals surface area contributed by atoms with Crippen LogP contribution in [0.15, 0.2) is 59.5 Å². The molecule has 0 spiro atoms. The maximum Gasteiger partial charge on any atom is 0.326 e. The molecule has 0 aromatic heterocycles. The van der Waals surface area contributed by atoms with Crippen LogP contribution in [0.4, 0.5) is 0 Å². The summed E-state index contributed by atoms with van der Waals surface area (Å²) >= 11 is 5.83. The number of hydrogen-bond acceptors (Lipinski definition) is 4. The van der Waals surface area contributed by atoms with E-state index in [0.717, 1.165) is 0 Å². The molecule has 1 N–H and O–H groups in total. The van der Waals surface area contributed by atoms with E-state index in [9.17, 15) is 23.6 Å². The molecule has 0 bridgehead atoms. The van der Waals surface area contributed by atoms with Gasteiger partial charge in [0.15, 0.2) is 15.3 Å². The van der Waals surface area contributed by atoms with Crippen LogP contribution < -0.4 is 0 Å². The van der Waals surface area contributed by atoms with Crippen LogP contribution in [0.1, 0.15) is 11.5 Å². The van der Waals surface area contributed by atoms with Gasteiger partial charge in [0.25, 0.3) is 0 Å². The molecule has 0 aliphatic heterocycles. The van der Waals surface area contributed by atoms with Crippen molar-refractivity contribution in [2.75, 3.05) is 0 Å². The summed E-state index contributed by atoms with van der Waals surface area (Å²) < 4.78 is 25.8. The maximum absolute atomic E-state index is 12.9. The minimum atomic E-state index is -3.97. The van der Waals surface area contributed by atoms with Crippen molar-refractivity contribution in [1.82, 2.24) is 0 Å². The number of aliphatic carboxylic acids is 1. The first-order valence-corrected chi connectivity index (χ1v) is 8.97. The zero-order chi connectivity index (χ0) is 17.5. The minimum absolute atomic E-state index is 0.00679. The molecule has 1 aliphatic carbocycles. The lowest BCUT2D eigenvalue weighted by molar-refractivity contribution is -0.141. The first-order valence-electron chi connectivity index (χ1n) is 7.04. The van der Waals surface area contributed by atoms with E-state index in [4.69, 9.17) is 11.6 Å². The Hall–Kier alpha value is -2.36. The van der Waals surface area contributed by atoms with Crippen molar-refractivity contribution in [2.24, 2.45) is 5.41 Å². The lowest BCUT2D eigenvalue weighted by Gasteiger charge is -2.04. The molecule has 2 aromatic rings. The highest BCUT2D eigenvalue weighted by Gasteiger charge is 2.77. The van der Waals surface area contributed by atoms with E-state index in [1.807, 2.05) is 0 Å². The molecule has 0 amide bonds. The second-order valence-corrected chi connectivity index (χ2v) is 8.10. The Kier molecular flexibility index (Phi) is 3.86. The molecule has 1 saturated carbocycles. The number of benzene rings is 2. The first kappa shape index (κ1) is 16.5. The topological polar surface area (TPSA) is 95.2 Å². The zero-order valence-corrected chi connectivity index (χ0v) is 13.8. The normalized spacial score (nSPS) is 25.7. The Morgan fingerprint density at radius 1 is 1.12 bits per heavy atom. The van der Waals surface area contributed by atoms with Crippen LogP contribution in [0, 0.1) is 16.7 Å². The Morgan fingerprint density at radius 2 is 1.71 bits per heavy atom. The van der Waals surface area contributed by atoms with Gasteiger partial charge in [0.1, 0.15) is 5.25 Å². The number of carboxylic acids is 1. The molecule has 3 atom stereocenters. The number of halogens is 1. The summed E-state index contributed by atoms with van der Waals surface area (Å²) in [6.45, 7) is 0. The van der Waals surface area contributed by atoms with Crippen LogP contribution in [0.3, 0.4) is 0 Å². The van der Waals surface area contributed by atoms with Gasteiger partial charge in [0, 0.05) is 10.9 Å². The van der Waals surface area contributed by atoms with E-state index in [2.05, 4.69) is 0 Å². The lowest BCUT2D eigenvalue weighted by atomic mass is 10.0. The summed E-state index contributed by atoms with van der Waals surface area (Å²) in [5, 5.41) is 18.1. The predicted octanol–water partition coefficient (Wildman–Crippen LogP) is 2.87. The summed E-state index contributed by atoms with van der Waals surface area (Å²) in [7, 11) is -3.97. The summed E-state index contributed by atoms with van der Waals surface area (Å²) in [6.07, 6.45) is 0. The van der Waals surface area contributed by atoms with E-state index in [0.29, 0.717) is 10.6 Å². The van der Waals surface area contributed by atoms with Crippen molar-refractivity contribution in [3.05, 3.63) is 65.2 Å². The molecule has 0 heterocycles. The third kappa shape index (κ3) is 2.29. The van der Waals surface area contributed by atoms with Gasteiger partial charge < -0.3 is 5.11 Å². The third-order valence-electron chi connectivity index (χ3n) is 4.31. The molecule has 122 valence electrons. The quantitative estimate of drug-likeness (QED) is 0.903. The molecule has 7 heteroatoms. The molecule has 1 fully saturated rings. The molecule has 0 saturated heterocycles. The summed E-state index contributed by atoms with van der Waals surface area (Å²) in [4.78, 5) is 11.7. The Bertz CT molecular complexity index is 935. The molecule has 2 aromatic carbocycles. The highest BCUT2D eigenvalue weighted by molar-refractivity contribution is 7.92. The van der Waals surface area contributed by atoms with Gasteiger partial charge in [-0.05, 0) is 29.8 Å². The van der Waals surface area contributed by atoms with Crippen molar-refractivity contribution in [1.29, 1.82) is 5.26 Å². The largest absolute Gasteiger partial charge is 0.480 e. The minimum Gasteiger partial charge on any atom is -0.480 e. The van der Waals surface area contributed by atoms with Gasteiger partial charge in [0.2, 0.25) is 0 Å². The SMILES string of the molecule is N#C[C@@]1(C(=O)O)[C@@H](c2ccc(Cl)cc2)[C@@H]1S(=O)(=O)c1ccccc1. The van der Waals surface area contributed by atoms with E-state index in [1.54, 1.807) is 48.5 Å². The third-order valence-corrected chi connectivity index (χ3v) is 6.80. The van der Waals surface area contributed by atoms with Crippen molar-refractivity contribution in [2.45, 2.75) is 16.1 Å². The fraction of sp³-hybridized carbons (Fsp3) is 0.176. The van der Waals surface area contributed by atoms with E-state index in [1.165, 1.54) is 12.1 Å². The molecule has 0 unspecified atom stereocenters. The Balaban J connectivity index is 2.13. The number of rotatable bonds is 4. The second-order valence-electron chi connectivity index (χ2n) is 5.59. The van der Waals surface area contributed by atoms with Gasteiger partial charge in [0.05, 0.1) is 11.0 Å². The van der Waals surface area contributed by atoms with E-state index in [-0.39, 0.29) is 4.90 Å². The molecular formula is C17H12ClNO4S. The van der Waals surface area contributed by atoms with Crippen LogP contribution in [-0.4, -0.2) is 24.7 Å².